The molecule has 5 saturated carbocycles. The average Bonchev–Trinajstić information content (AvgIpc) is 3.02. The van der Waals surface area contributed by atoms with E-state index < -0.39 is 5.60 Å². The number of rotatable bonds is 1. The highest BCUT2D eigenvalue weighted by molar-refractivity contribution is 5.21. The van der Waals surface area contributed by atoms with Gasteiger partial charge in [0.25, 0.3) is 0 Å². The van der Waals surface area contributed by atoms with E-state index >= 15 is 0 Å². The van der Waals surface area contributed by atoms with Crippen molar-refractivity contribution in [1.29, 1.82) is 0 Å². The van der Waals surface area contributed by atoms with Gasteiger partial charge in [0.2, 0.25) is 0 Å². The lowest BCUT2D eigenvalue weighted by Gasteiger charge is -2.74. The quantitative estimate of drug-likeness (QED) is 0.448. The van der Waals surface area contributed by atoms with Gasteiger partial charge in [-0.05, 0) is 123 Å². The summed E-state index contributed by atoms with van der Waals surface area (Å²) in [6.07, 6.45) is 12.4. The SMILES string of the molecule is CC(C)(O)[C@H]1CC[C@@]2(C)[C@@H]1CC[C@]1(C)[C@H]2CC[C@@H]2[C@@]3(C)CCCC(C)(C)[C@@H]3C[C@H](O)[C@]21C. The third-order valence-corrected chi connectivity index (χ3v) is 13.7. The lowest BCUT2D eigenvalue weighted by Crippen LogP contribution is -2.70. The molecule has 5 fully saturated rings. The van der Waals surface area contributed by atoms with Crippen LogP contribution in [-0.2, 0) is 0 Å². The predicted octanol–water partition coefficient (Wildman–Crippen LogP) is 7.22. The second kappa shape index (κ2) is 6.77. The third kappa shape index (κ3) is 2.72. The van der Waals surface area contributed by atoms with Gasteiger partial charge in [0, 0.05) is 5.41 Å². The fourth-order valence-electron chi connectivity index (χ4n) is 12.1. The van der Waals surface area contributed by atoms with Gasteiger partial charge in [0.15, 0.2) is 0 Å². The van der Waals surface area contributed by atoms with E-state index in [9.17, 15) is 10.2 Å². The molecule has 5 rings (SSSR count). The monoisotopic (exact) mass is 444 g/mol. The van der Waals surface area contributed by atoms with Gasteiger partial charge >= 0.3 is 0 Å². The first-order chi connectivity index (χ1) is 14.6. The van der Waals surface area contributed by atoms with Crippen LogP contribution in [0.25, 0.3) is 0 Å². The molecule has 0 heterocycles. The number of fused-ring (bicyclic) bond motifs is 7. The van der Waals surface area contributed by atoms with Gasteiger partial charge in [-0.2, -0.15) is 0 Å². The molecule has 0 aromatic heterocycles. The number of hydrogen-bond acceptors (Lipinski definition) is 2. The van der Waals surface area contributed by atoms with Crippen molar-refractivity contribution in [3.8, 4) is 0 Å². The van der Waals surface area contributed by atoms with Crippen molar-refractivity contribution in [3.05, 3.63) is 0 Å². The van der Waals surface area contributed by atoms with Gasteiger partial charge in [-0.15, -0.1) is 0 Å². The normalized spacial score (nSPS) is 57.2. The van der Waals surface area contributed by atoms with Crippen molar-refractivity contribution in [2.24, 2.45) is 56.7 Å². The molecule has 2 nitrogen and oxygen atoms in total. The molecule has 10 atom stereocenters. The molecule has 0 amide bonds. The highest BCUT2D eigenvalue weighted by atomic mass is 16.3. The molecule has 0 spiro atoms. The Kier molecular flexibility index (Phi) is 5.01. The Balaban J connectivity index is 1.55. The topological polar surface area (TPSA) is 40.5 Å². The van der Waals surface area contributed by atoms with Crippen molar-refractivity contribution in [1.82, 2.24) is 0 Å². The smallest absolute Gasteiger partial charge is 0.0622 e. The highest BCUT2D eigenvalue weighted by Gasteiger charge is 2.72. The van der Waals surface area contributed by atoms with Crippen molar-refractivity contribution >= 4 is 0 Å². The molecule has 0 aliphatic heterocycles. The molecule has 0 bridgehead atoms. The average molecular weight is 445 g/mol. The van der Waals surface area contributed by atoms with E-state index in [-0.39, 0.29) is 16.9 Å². The van der Waals surface area contributed by atoms with Crippen molar-refractivity contribution < 1.29 is 10.2 Å². The molecule has 0 unspecified atom stereocenters. The molecule has 0 radical (unpaired) electrons. The molecule has 0 saturated heterocycles. The zero-order valence-corrected chi connectivity index (χ0v) is 22.4. The first-order valence-electron chi connectivity index (χ1n) is 14.0. The summed E-state index contributed by atoms with van der Waals surface area (Å²) in [5, 5.41) is 23.0. The fraction of sp³-hybridized carbons (Fsp3) is 1.00. The van der Waals surface area contributed by atoms with Crippen LogP contribution in [0, 0.1) is 56.7 Å². The van der Waals surface area contributed by atoms with E-state index in [2.05, 4.69) is 41.5 Å². The van der Waals surface area contributed by atoms with Gasteiger partial charge in [0.05, 0.1) is 11.7 Å². The molecular formula is C30H52O2. The van der Waals surface area contributed by atoms with Gasteiger partial charge in [0.1, 0.15) is 0 Å². The molecule has 184 valence electrons. The molecule has 0 aromatic carbocycles. The molecular weight excluding hydrogens is 392 g/mol. The van der Waals surface area contributed by atoms with Crippen molar-refractivity contribution in [2.45, 2.75) is 131 Å². The largest absolute Gasteiger partial charge is 0.393 e. The third-order valence-electron chi connectivity index (χ3n) is 13.7. The van der Waals surface area contributed by atoms with E-state index in [0.29, 0.717) is 45.8 Å². The van der Waals surface area contributed by atoms with Crippen LogP contribution in [0.15, 0.2) is 0 Å². The number of hydrogen-bond donors (Lipinski definition) is 2. The number of aliphatic hydroxyl groups is 2. The predicted molar refractivity (Wildman–Crippen MR) is 132 cm³/mol. The Hall–Kier alpha value is -0.0800. The summed E-state index contributed by atoms with van der Waals surface area (Å²) in [6.45, 7) is 19.4. The molecule has 5 aliphatic carbocycles. The summed E-state index contributed by atoms with van der Waals surface area (Å²) in [7, 11) is 0. The maximum Gasteiger partial charge on any atom is 0.0622 e. The molecule has 2 heteroatoms. The van der Waals surface area contributed by atoms with Crippen LogP contribution < -0.4 is 0 Å². The lowest BCUT2D eigenvalue weighted by atomic mass is 9.31. The van der Waals surface area contributed by atoms with E-state index in [1.54, 1.807) is 0 Å². The summed E-state index contributed by atoms with van der Waals surface area (Å²) in [5.41, 5.74) is 0.667. The van der Waals surface area contributed by atoms with Gasteiger partial charge in [-0.25, -0.2) is 0 Å². The summed E-state index contributed by atoms with van der Waals surface area (Å²) in [5.74, 6) is 3.03. The van der Waals surface area contributed by atoms with Crippen molar-refractivity contribution in [2.75, 3.05) is 0 Å². The Labute approximate surface area is 198 Å². The zero-order valence-electron chi connectivity index (χ0n) is 22.4. The van der Waals surface area contributed by atoms with E-state index in [4.69, 9.17) is 0 Å². The van der Waals surface area contributed by atoms with Crippen LogP contribution in [0.3, 0.4) is 0 Å². The summed E-state index contributed by atoms with van der Waals surface area (Å²) in [4.78, 5) is 0. The Bertz CT molecular complexity index is 765. The molecule has 0 aromatic rings. The minimum Gasteiger partial charge on any atom is -0.393 e. The number of aliphatic hydroxyl groups excluding tert-OH is 1. The maximum absolute atomic E-state index is 12.0. The minimum absolute atomic E-state index is 0.00931. The van der Waals surface area contributed by atoms with Crippen molar-refractivity contribution in [3.63, 3.8) is 0 Å². The van der Waals surface area contributed by atoms with Gasteiger partial charge in [-0.1, -0.05) is 48.0 Å². The van der Waals surface area contributed by atoms with E-state index in [1.807, 2.05) is 13.8 Å². The Morgan fingerprint density at radius 1 is 0.719 bits per heavy atom. The van der Waals surface area contributed by atoms with Gasteiger partial charge in [-0.3, -0.25) is 0 Å². The molecule has 2 N–H and O–H groups in total. The van der Waals surface area contributed by atoms with Crippen LogP contribution in [0.5, 0.6) is 0 Å². The summed E-state index contributed by atoms with van der Waals surface area (Å²) < 4.78 is 0. The standard InChI is InChI=1S/C30H52O2/c1-25(2)14-9-15-28(6)22-11-10-21-27(5)16-12-19(26(3,4)32)20(27)13-17-29(21,7)30(22,8)24(31)18-23(25)28/h19-24,31-32H,9-18H2,1-8H3/t19-,20+,21-,22+,23-,24-,27-,28+,29+,30-/m0/s1. The van der Waals surface area contributed by atoms with Crippen LogP contribution in [0.4, 0.5) is 0 Å². The Morgan fingerprint density at radius 2 is 1.38 bits per heavy atom. The second-order valence-electron chi connectivity index (χ2n) is 15.5. The summed E-state index contributed by atoms with van der Waals surface area (Å²) >= 11 is 0. The second-order valence-corrected chi connectivity index (χ2v) is 15.5. The van der Waals surface area contributed by atoms with Crippen LogP contribution in [0.2, 0.25) is 0 Å². The van der Waals surface area contributed by atoms with E-state index in [0.717, 1.165) is 6.42 Å². The zero-order chi connectivity index (χ0) is 23.5. The fourth-order valence-corrected chi connectivity index (χ4v) is 12.1. The maximum atomic E-state index is 12.0. The minimum atomic E-state index is -0.573. The van der Waals surface area contributed by atoms with Crippen LogP contribution >= 0.6 is 0 Å². The Morgan fingerprint density at radius 3 is 2.03 bits per heavy atom. The van der Waals surface area contributed by atoms with Crippen LogP contribution in [0.1, 0.15) is 120 Å². The first-order valence-corrected chi connectivity index (χ1v) is 14.0. The lowest BCUT2D eigenvalue weighted by molar-refractivity contribution is -0.280. The van der Waals surface area contributed by atoms with Crippen LogP contribution in [-0.4, -0.2) is 21.9 Å². The van der Waals surface area contributed by atoms with E-state index in [1.165, 1.54) is 57.8 Å². The highest BCUT2D eigenvalue weighted by Crippen LogP contribution is 2.78. The summed E-state index contributed by atoms with van der Waals surface area (Å²) in [6, 6.07) is 0. The molecule has 5 aliphatic rings. The molecule has 32 heavy (non-hydrogen) atoms. The first kappa shape index (κ1) is 23.7. The van der Waals surface area contributed by atoms with Gasteiger partial charge < -0.3 is 10.2 Å².